The van der Waals surface area contributed by atoms with E-state index in [9.17, 15) is 10.2 Å². The van der Waals surface area contributed by atoms with Gasteiger partial charge in [-0.2, -0.15) is 0 Å². The van der Waals surface area contributed by atoms with Crippen molar-refractivity contribution in [1.29, 1.82) is 0 Å². The maximum absolute atomic E-state index is 10.6. The standard InChI is InChI=1S/C27H46O3/c1-25(29,16-17-30-4)13-5-6-19-8-10-23-22-9-7-20-18-21(28)11-14-27(20,3)24(22)12-15-26(19,23)2/h7,19,21-24,28-29H,5-6,8-18H2,1-4H3. The number of methoxy groups -OCH3 is 1. The number of ether oxygens (including phenoxy) is 1. The second kappa shape index (κ2) is 8.52. The average Bonchev–Trinajstić information content (AvgIpc) is 3.03. The molecule has 0 heterocycles. The topological polar surface area (TPSA) is 49.7 Å². The normalized spacial score (nSPS) is 45.1. The third kappa shape index (κ3) is 4.04. The quantitative estimate of drug-likeness (QED) is 0.507. The average molecular weight is 419 g/mol. The van der Waals surface area contributed by atoms with Crippen LogP contribution in [0.15, 0.2) is 11.6 Å². The van der Waals surface area contributed by atoms with Gasteiger partial charge in [0.2, 0.25) is 0 Å². The van der Waals surface area contributed by atoms with Gasteiger partial charge in [0.15, 0.2) is 0 Å². The van der Waals surface area contributed by atoms with Crippen LogP contribution in [0.25, 0.3) is 0 Å². The molecule has 172 valence electrons. The molecule has 4 rings (SSSR count). The number of rotatable bonds is 7. The van der Waals surface area contributed by atoms with Gasteiger partial charge >= 0.3 is 0 Å². The van der Waals surface area contributed by atoms with E-state index in [0.29, 0.717) is 17.4 Å². The molecule has 3 fully saturated rings. The summed E-state index contributed by atoms with van der Waals surface area (Å²) in [5.41, 5.74) is 1.84. The van der Waals surface area contributed by atoms with Crippen molar-refractivity contribution in [1.82, 2.24) is 0 Å². The van der Waals surface area contributed by atoms with Gasteiger partial charge in [0.1, 0.15) is 0 Å². The Hall–Kier alpha value is -0.380. The highest BCUT2D eigenvalue weighted by Crippen LogP contribution is 2.66. The molecule has 0 aromatic carbocycles. The van der Waals surface area contributed by atoms with E-state index in [4.69, 9.17) is 4.74 Å². The maximum Gasteiger partial charge on any atom is 0.0641 e. The molecular weight excluding hydrogens is 372 g/mol. The van der Waals surface area contributed by atoms with Gasteiger partial charge < -0.3 is 14.9 Å². The van der Waals surface area contributed by atoms with Crippen molar-refractivity contribution in [2.45, 2.75) is 110 Å². The molecule has 0 bridgehead atoms. The highest BCUT2D eigenvalue weighted by molar-refractivity contribution is 5.25. The van der Waals surface area contributed by atoms with Crippen LogP contribution in [-0.4, -0.2) is 35.6 Å². The number of allylic oxidation sites excluding steroid dienone is 1. The molecule has 3 heteroatoms. The molecule has 8 atom stereocenters. The summed E-state index contributed by atoms with van der Waals surface area (Å²) in [5.74, 6) is 3.38. The van der Waals surface area contributed by atoms with Crippen molar-refractivity contribution in [3.8, 4) is 0 Å². The van der Waals surface area contributed by atoms with E-state index >= 15 is 0 Å². The highest BCUT2D eigenvalue weighted by Gasteiger charge is 2.58. The summed E-state index contributed by atoms with van der Waals surface area (Å²) in [6.07, 6.45) is 16.4. The molecule has 0 radical (unpaired) electrons. The highest BCUT2D eigenvalue weighted by atomic mass is 16.5. The van der Waals surface area contributed by atoms with Crippen LogP contribution in [0.1, 0.15) is 97.8 Å². The van der Waals surface area contributed by atoms with Crippen LogP contribution in [0, 0.1) is 34.5 Å². The SMILES string of the molecule is COCCC(C)(O)CCCC1CCC2C3CC=C4CC(O)CCC4(C)C3CCC12C. The van der Waals surface area contributed by atoms with Crippen molar-refractivity contribution in [2.75, 3.05) is 13.7 Å². The lowest BCUT2D eigenvalue weighted by atomic mass is 9.47. The maximum atomic E-state index is 10.6. The Morgan fingerprint density at radius 3 is 2.67 bits per heavy atom. The zero-order valence-corrected chi connectivity index (χ0v) is 20.0. The molecule has 3 saturated carbocycles. The van der Waals surface area contributed by atoms with Gasteiger partial charge in [-0.15, -0.1) is 0 Å². The summed E-state index contributed by atoms with van der Waals surface area (Å²) in [7, 11) is 1.71. The van der Waals surface area contributed by atoms with E-state index in [2.05, 4.69) is 19.9 Å². The number of hydrogen-bond acceptors (Lipinski definition) is 3. The third-order valence-corrected chi connectivity index (χ3v) is 10.4. The van der Waals surface area contributed by atoms with Crippen LogP contribution >= 0.6 is 0 Å². The molecule has 30 heavy (non-hydrogen) atoms. The first-order valence-electron chi connectivity index (χ1n) is 12.8. The van der Waals surface area contributed by atoms with Gasteiger partial charge in [0.05, 0.1) is 11.7 Å². The minimum absolute atomic E-state index is 0.105. The zero-order valence-electron chi connectivity index (χ0n) is 20.0. The van der Waals surface area contributed by atoms with Gasteiger partial charge in [-0.3, -0.25) is 0 Å². The molecule has 2 N–H and O–H groups in total. The summed E-state index contributed by atoms with van der Waals surface area (Å²) < 4.78 is 5.17. The second-order valence-corrected chi connectivity index (χ2v) is 12.1. The first-order valence-corrected chi connectivity index (χ1v) is 12.8. The van der Waals surface area contributed by atoms with E-state index in [1.165, 1.54) is 44.9 Å². The Kier molecular flexibility index (Phi) is 6.48. The van der Waals surface area contributed by atoms with E-state index in [1.54, 1.807) is 12.7 Å². The molecule has 0 aromatic heterocycles. The van der Waals surface area contributed by atoms with Crippen molar-refractivity contribution in [2.24, 2.45) is 34.5 Å². The largest absolute Gasteiger partial charge is 0.393 e. The monoisotopic (exact) mass is 418 g/mol. The summed E-state index contributed by atoms with van der Waals surface area (Å²) in [6, 6.07) is 0. The molecule has 0 aromatic rings. The fraction of sp³-hybridized carbons (Fsp3) is 0.926. The van der Waals surface area contributed by atoms with Crippen LogP contribution in [-0.2, 0) is 4.74 Å². The van der Waals surface area contributed by atoms with E-state index in [-0.39, 0.29) is 6.10 Å². The van der Waals surface area contributed by atoms with Gasteiger partial charge in [-0.1, -0.05) is 31.9 Å². The molecule has 3 nitrogen and oxygen atoms in total. The van der Waals surface area contributed by atoms with Gasteiger partial charge in [0.25, 0.3) is 0 Å². The Morgan fingerprint density at radius 2 is 1.90 bits per heavy atom. The smallest absolute Gasteiger partial charge is 0.0641 e. The summed E-state index contributed by atoms with van der Waals surface area (Å²) >= 11 is 0. The molecule has 0 saturated heterocycles. The molecule has 0 aliphatic heterocycles. The zero-order chi connectivity index (χ0) is 21.6. The van der Waals surface area contributed by atoms with Gasteiger partial charge in [-0.05, 0) is 112 Å². The van der Waals surface area contributed by atoms with E-state index in [0.717, 1.165) is 55.8 Å². The lowest BCUT2D eigenvalue weighted by Gasteiger charge is -2.58. The number of aliphatic hydroxyl groups is 2. The van der Waals surface area contributed by atoms with Crippen molar-refractivity contribution in [3.63, 3.8) is 0 Å². The Bertz CT molecular complexity index is 640. The number of hydrogen-bond donors (Lipinski definition) is 2. The first kappa shape index (κ1) is 22.8. The molecule has 4 aliphatic carbocycles. The van der Waals surface area contributed by atoms with Gasteiger partial charge in [-0.25, -0.2) is 0 Å². The Morgan fingerprint density at radius 1 is 1.10 bits per heavy atom. The molecule has 8 unspecified atom stereocenters. The summed E-state index contributed by atoms with van der Waals surface area (Å²) in [6.45, 7) is 7.76. The third-order valence-electron chi connectivity index (χ3n) is 10.4. The minimum Gasteiger partial charge on any atom is -0.393 e. The Labute approximate surface area is 184 Å². The predicted octanol–water partition coefficient (Wildman–Crippen LogP) is 5.88. The number of fused-ring (bicyclic) bond motifs is 5. The lowest BCUT2D eigenvalue weighted by Crippen LogP contribution is -2.50. The van der Waals surface area contributed by atoms with Crippen LogP contribution in [0.4, 0.5) is 0 Å². The first-order chi connectivity index (χ1) is 14.2. The van der Waals surface area contributed by atoms with Gasteiger partial charge in [0, 0.05) is 13.7 Å². The van der Waals surface area contributed by atoms with Crippen molar-refractivity contribution in [3.05, 3.63) is 11.6 Å². The van der Waals surface area contributed by atoms with Crippen LogP contribution in [0.5, 0.6) is 0 Å². The van der Waals surface area contributed by atoms with Crippen LogP contribution < -0.4 is 0 Å². The molecular formula is C27H46O3. The molecule has 0 amide bonds. The summed E-state index contributed by atoms with van der Waals surface area (Å²) in [4.78, 5) is 0. The molecule has 4 aliphatic rings. The van der Waals surface area contributed by atoms with Crippen LogP contribution in [0.3, 0.4) is 0 Å². The Balaban J connectivity index is 1.40. The summed E-state index contributed by atoms with van der Waals surface area (Å²) in [5, 5.41) is 20.8. The van der Waals surface area contributed by atoms with Crippen LogP contribution in [0.2, 0.25) is 0 Å². The van der Waals surface area contributed by atoms with E-state index < -0.39 is 5.60 Å². The van der Waals surface area contributed by atoms with Crippen molar-refractivity contribution >= 4 is 0 Å². The molecule has 0 spiro atoms. The lowest BCUT2D eigenvalue weighted by molar-refractivity contribution is -0.0519. The van der Waals surface area contributed by atoms with Crippen molar-refractivity contribution < 1.29 is 14.9 Å². The fourth-order valence-electron chi connectivity index (χ4n) is 8.40. The fourth-order valence-corrected chi connectivity index (χ4v) is 8.40. The number of aliphatic hydroxyl groups excluding tert-OH is 1. The minimum atomic E-state index is -0.586. The van der Waals surface area contributed by atoms with E-state index in [1.807, 2.05) is 6.92 Å². The second-order valence-electron chi connectivity index (χ2n) is 12.1. The predicted molar refractivity (Wildman–Crippen MR) is 122 cm³/mol.